The summed E-state index contributed by atoms with van der Waals surface area (Å²) in [5.41, 5.74) is 2.22. The van der Waals surface area contributed by atoms with Crippen LogP contribution in [0.3, 0.4) is 0 Å². The van der Waals surface area contributed by atoms with Crippen molar-refractivity contribution in [3.8, 4) is 5.75 Å². The highest BCUT2D eigenvalue weighted by Gasteiger charge is 2.06. The fraction of sp³-hybridized carbons (Fsp3) is 0.500. The van der Waals surface area contributed by atoms with Crippen molar-refractivity contribution in [1.29, 1.82) is 0 Å². The largest absolute Gasteiger partial charge is 0.488 e. The van der Waals surface area contributed by atoms with Gasteiger partial charge in [-0.3, -0.25) is 0 Å². The van der Waals surface area contributed by atoms with Gasteiger partial charge in [0.2, 0.25) is 0 Å². The van der Waals surface area contributed by atoms with Crippen molar-refractivity contribution < 1.29 is 18.3 Å². The Kier molecular flexibility index (Phi) is 7.52. The van der Waals surface area contributed by atoms with Gasteiger partial charge in [-0.15, -0.1) is 0 Å². The molecule has 1 aromatic carbocycles. The predicted octanol–water partition coefficient (Wildman–Crippen LogP) is 4.02. The van der Waals surface area contributed by atoms with E-state index in [2.05, 4.69) is 16.7 Å². The van der Waals surface area contributed by atoms with Crippen molar-refractivity contribution in [3.05, 3.63) is 41.5 Å². The van der Waals surface area contributed by atoms with Gasteiger partial charge >= 0.3 is 6.03 Å². The number of carbonyl (C=O) groups is 1. The van der Waals surface area contributed by atoms with E-state index in [1.54, 1.807) is 18.2 Å². The number of allylic oxidation sites excluding steroid dienone is 1. The minimum atomic E-state index is -2.50. The Balaban J connectivity index is 1.67. The van der Waals surface area contributed by atoms with Gasteiger partial charge in [0.05, 0.1) is 0 Å². The average Bonchev–Trinajstić information content (AvgIpc) is 2.59. The third-order valence-electron chi connectivity index (χ3n) is 3.84. The normalized spacial score (nSPS) is 14.2. The number of alkyl halides is 2. The number of amides is 2. The maximum Gasteiger partial charge on any atom is 0.315 e. The lowest BCUT2D eigenvalue weighted by Crippen LogP contribution is -2.35. The second-order valence-corrected chi connectivity index (χ2v) is 5.82. The van der Waals surface area contributed by atoms with Crippen LogP contribution in [0.15, 0.2) is 35.9 Å². The molecule has 132 valence electrons. The molecule has 0 unspecified atom stereocenters. The molecule has 2 amide bonds. The summed E-state index contributed by atoms with van der Waals surface area (Å²) < 4.78 is 29.2. The van der Waals surface area contributed by atoms with Crippen molar-refractivity contribution >= 4 is 6.03 Å². The van der Waals surface area contributed by atoms with Crippen LogP contribution < -0.4 is 15.4 Å². The summed E-state index contributed by atoms with van der Waals surface area (Å²) in [6.45, 7) is 0.308. The molecule has 1 aromatic rings. The number of halogens is 2. The van der Waals surface area contributed by atoms with Crippen LogP contribution in [-0.4, -0.2) is 25.6 Å². The molecule has 4 nitrogen and oxygen atoms in total. The first-order chi connectivity index (χ1) is 11.6. The van der Waals surface area contributed by atoms with Crippen molar-refractivity contribution in [2.45, 2.75) is 45.1 Å². The fourth-order valence-corrected chi connectivity index (χ4v) is 2.62. The van der Waals surface area contributed by atoms with Crippen LogP contribution in [0.25, 0.3) is 0 Å². The summed E-state index contributed by atoms with van der Waals surface area (Å²) in [6.07, 6.45) is 5.44. The lowest BCUT2D eigenvalue weighted by molar-refractivity contribution is 0.0818. The smallest absolute Gasteiger partial charge is 0.315 e. The zero-order valence-corrected chi connectivity index (χ0v) is 13.7. The molecular weight excluding hydrogens is 314 g/mol. The third-order valence-corrected chi connectivity index (χ3v) is 3.84. The molecule has 0 fully saturated rings. The molecule has 1 aliphatic carbocycles. The summed E-state index contributed by atoms with van der Waals surface area (Å²) in [5, 5.41) is 5.59. The van der Waals surface area contributed by atoms with Crippen molar-refractivity contribution in [2.24, 2.45) is 0 Å². The standard InChI is InChI=1S/C18H24F2N2O2/c19-17(20)13-24-16-8-4-7-15(11-16)12-22-18(23)21-10-9-14-5-2-1-3-6-14/h4-5,7-8,11,17H,1-3,6,9-10,12-13H2,(H2,21,22,23). The van der Waals surface area contributed by atoms with Crippen LogP contribution >= 0.6 is 0 Å². The maximum atomic E-state index is 12.1. The zero-order chi connectivity index (χ0) is 17.2. The van der Waals surface area contributed by atoms with Gasteiger partial charge < -0.3 is 15.4 Å². The second-order valence-electron chi connectivity index (χ2n) is 5.82. The Morgan fingerprint density at radius 2 is 2.12 bits per heavy atom. The van der Waals surface area contributed by atoms with E-state index < -0.39 is 13.0 Å². The Morgan fingerprint density at radius 3 is 2.88 bits per heavy atom. The van der Waals surface area contributed by atoms with Crippen molar-refractivity contribution in [2.75, 3.05) is 13.2 Å². The molecule has 24 heavy (non-hydrogen) atoms. The molecule has 2 N–H and O–H groups in total. The predicted molar refractivity (Wildman–Crippen MR) is 89.3 cm³/mol. The molecule has 0 bridgehead atoms. The van der Waals surface area contributed by atoms with E-state index in [1.165, 1.54) is 18.4 Å². The molecule has 6 heteroatoms. The van der Waals surface area contributed by atoms with E-state index in [4.69, 9.17) is 4.74 Å². The minimum absolute atomic E-state index is 0.231. The van der Waals surface area contributed by atoms with E-state index in [-0.39, 0.29) is 6.03 Å². The zero-order valence-electron chi connectivity index (χ0n) is 13.7. The van der Waals surface area contributed by atoms with Gasteiger partial charge in [0.25, 0.3) is 6.43 Å². The Labute approximate surface area is 141 Å². The van der Waals surface area contributed by atoms with Gasteiger partial charge in [-0.1, -0.05) is 23.8 Å². The van der Waals surface area contributed by atoms with Crippen molar-refractivity contribution in [3.63, 3.8) is 0 Å². The van der Waals surface area contributed by atoms with Crippen LogP contribution in [0.4, 0.5) is 13.6 Å². The Hall–Kier alpha value is -2.11. The first-order valence-electron chi connectivity index (χ1n) is 8.33. The van der Waals surface area contributed by atoms with Crippen LogP contribution in [0, 0.1) is 0 Å². The van der Waals surface area contributed by atoms with Crippen LogP contribution in [-0.2, 0) is 6.54 Å². The number of carbonyl (C=O) groups excluding carboxylic acids is 1. The fourth-order valence-electron chi connectivity index (χ4n) is 2.62. The van der Waals surface area contributed by atoms with Gasteiger partial charge in [-0.25, -0.2) is 13.6 Å². The van der Waals surface area contributed by atoms with E-state index in [9.17, 15) is 13.6 Å². The van der Waals surface area contributed by atoms with Gasteiger partial charge in [0.1, 0.15) is 12.4 Å². The quantitative estimate of drug-likeness (QED) is 0.704. The van der Waals surface area contributed by atoms with E-state index >= 15 is 0 Å². The summed E-state index contributed by atoms with van der Waals surface area (Å²) in [5.74, 6) is 0.374. The van der Waals surface area contributed by atoms with Gasteiger partial charge in [0.15, 0.2) is 0 Å². The van der Waals surface area contributed by atoms with E-state index in [0.717, 1.165) is 24.8 Å². The molecular formula is C18H24F2N2O2. The van der Waals surface area contributed by atoms with Gasteiger partial charge in [-0.2, -0.15) is 0 Å². The lowest BCUT2D eigenvalue weighted by atomic mass is 9.97. The summed E-state index contributed by atoms with van der Waals surface area (Å²) >= 11 is 0. The first-order valence-corrected chi connectivity index (χ1v) is 8.33. The molecule has 0 aliphatic heterocycles. The number of hydrogen-bond donors (Lipinski definition) is 2. The highest BCUT2D eigenvalue weighted by molar-refractivity contribution is 5.73. The summed E-state index contributed by atoms with van der Waals surface area (Å²) in [6, 6.07) is 6.55. The molecule has 1 aliphatic rings. The van der Waals surface area contributed by atoms with Crippen molar-refractivity contribution in [1.82, 2.24) is 10.6 Å². The van der Waals surface area contributed by atoms with E-state index in [1.807, 2.05) is 6.07 Å². The molecule has 0 aromatic heterocycles. The third kappa shape index (κ3) is 6.98. The SMILES string of the molecule is O=C(NCCC1=CCCCC1)NCc1cccc(OCC(F)F)c1. The number of nitrogens with one attached hydrogen (secondary N) is 2. The number of hydrogen-bond acceptors (Lipinski definition) is 2. The molecule has 2 rings (SSSR count). The second kappa shape index (κ2) is 9.90. The van der Waals surface area contributed by atoms with Crippen LogP contribution in [0.5, 0.6) is 5.75 Å². The summed E-state index contributed by atoms with van der Waals surface area (Å²) in [7, 11) is 0. The van der Waals surface area contributed by atoms with Crippen LogP contribution in [0.1, 0.15) is 37.7 Å². The number of rotatable bonds is 8. The highest BCUT2D eigenvalue weighted by atomic mass is 19.3. The number of benzene rings is 1. The lowest BCUT2D eigenvalue weighted by Gasteiger charge is -2.13. The molecule has 0 spiro atoms. The van der Waals surface area contributed by atoms with Crippen LogP contribution in [0.2, 0.25) is 0 Å². The van der Waals surface area contributed by atoms with Gasteiger partial charge in [0, 0.05) is 13.1 Å². The number of urea groups is 1. The molecule has 0 heterocycles. The summed E-state index contributed by atoms with van der Waals surface area (Å²) in [4.78, 5) is 11.8. The topological polar surface area (TPSA) is 50.4 Å². The monoisotopic (exact) mass is 338 g/mol. The van der Waals surface area contributed by atoms with Gasteiger partial charge in [-0.05, 0) is 49.8 Å². The highest BCUT2D eigenvalue weighted by Crippen LogP contribution is 2.19. The molecule has 0 atom stereocenters. The molecule has 0 saturated carbocycles. The van der Waals surface area contributed by atoms with E-state index in [0.29, 0.717) is 18.8 Å². The minimum Gasteiger partial charge on any atom is -0.488 e. The molecule has 0 saturated heterocycles. The molecule has 0 radical (unpaired) electrons. The first kappa shape index (κ1) is 18.2. The maximum absolute atomic E-state index is 12.1. The number of ether oxygens (including phenoxy) is 1. The Morgan fingerprint density at radius 1 is 1.25 bits per heavy atom. The average molecular weight is 338 g/mol. The Bertz CT molecular complexity index is 562.